The second-order valence-electron chi connectivity index (χ2n) is 9.06. The molecule has 4 nitrogen and oxygen atoms in total. The van der Waals surface area contributed by atoms with Crippen molar-refractivity contribution in [2.45, 2.75) is 0 Å². The number of nitrogens with zero attached hydrogens (tertiary/aromatic N) is 3. The van der Waals surface area contributed by atoms with Gasteiger partial charge in [0.1, 0.15) is 5.69 Å². The van der Waals surface area contributed by atoms with Gasteiger partial charge >= 0.3 is 0 Å². The van der Waals surface area contributed by atoms with Crippen molar-refractivity contribution in [2.24, 2.45) is 0 Å². The molecule has 0 N–H and O–H groups in total. The Morgan fingerprint density at radius 2 is 0.789 bits per heavy atom. The zero-order chi connectivity index (χ0) is 25.3. The van der Waals surface area contributed by atoms with Crippen LogP contribution in [0.1, 0.15) is 0 Å². The van der Waals surface area contributed by atoms with Gasteiger partial charge in [0, 0.05) is 16.7 Å². The molecule has 0 bridgehead atoms. The lowest BCUT2D eigenvalue weighted by atomic mass is 10.0. The summed E-state index contributed by atoms with van der Waals surface area (Å²) in [5, 5.41) is 0. The number of rotatable bonds is 4. The average molecular weight is 490 g/mol. The summed E-state index contributed by atoms with van der Waals surface area (Å²) in [6.07, 6.45) is 0. The summed E-state index contributed by atoms with van der Waals surface area (Å²) in [5.41, 5.74) is 7.33. The number of hydrogen-bond acceptors (Lipinski definition) is 4. The van der Waals surface area contributed by atoms with Crippen molar-refractivity contribution < 1.29 is 4.74 Å². The highest BCUT2D eigenvalue weighted by Crippen LogP contribution is 2.52. The first-order valence-electron chi connectivity index (χ1n) is 12.6. The van der Waals surface area contributed by atoms with E-state index in [0.29, 0.717) is 0 Å². The van der Waals surface area contributed by atoms with Crippen LogP contribution in [0.5, 0.6) is 11.5 Å². The number of benzene rings is 5. The standard InChI is InChI=1S/C34H23N3O/c1-4-14-24(15-5-1)31-32(25-16-6-2-7-17-25)36-34(33(35-31)26-18-8-3-9-19-26)37-27-20-10-12-22-29(27)38-30-23-13-11-21-28(30)37/h1-23H. The second kappa shape index (κ2) is 9.34. The lowest BCUT2D eigenvalue weighted by Crippen LogP contribution is -2.19. The van der Waals surface area contributed by atoms with Crippen molar-refractivity contribution in [3.63, 3.8) is 0 Å². The van der Waals surface area contributed by atoms with E-state index in [9.17, 15) is 0 Å². The van der Waals surface area contributed by atoms with Crippen LogP contribution < -0.4 is 9.64 Å². The molecule has 180 valence electrons. The van der Waals surface area contributed by atoms with Crippen LogP contribution in [0.25, 0.3) is 33.8 Å². The maximum Gasteiger partial charge on any atom is 0.165 e. The van der Waals surface area contributed by atoms with Gasteiger partial charge in [-0.1, -0.05) is 115 Å². The van der Waals surface area contributed by atoms with Gasteiger partial charge in [0.05, 0.1) is 22.8 Å². The van der Waals surface area contributed by atoms with Crippen LogP contribution in [0.3, 0.4) is 0 Å². The average Bonchev–Trinajstić information content (AvgIpc) is 3.00. The monoisotopic (exact) mass is 489 g/mol. The third-order valence-electron chi connectivity index (χ3n) is 6.66. The molecule has 1 aromatic heterocycles. The van der Waals surface area contributed by atoms with Gasteiger partial charge in [-0.15, -0.1) is 0 Å². The van der Waals surface area contributed by atoms with Crippen molar-refractivity contribution >= 4 is 17.2 Å². The molecule has 0 radical (unpaired) electrons. The molecule has 0 atom stereocenters. The highest BCUT2D eigenvalue weighted by atomic mass is 16.5. The summed E-state index contributed by atoms with van der Waals surface area (Å²) in [5.74, 6) is 2.30. The minimum absolute atomic E-state index is 0.748. The Hall–Kier alpha value is -5.22. The minimum Gasteiger partial charge on any atom is -0.453 e. The minimum atomic E-state index is 0.748. The highest BCUT2D eigenvalue weighted by Gasteiger charge is 2.30. The number of anilines is 3. The van der Waals surface area contributed by atoms with E-state index in [2.05, 4.69) is 53.4 Å². The summed E-state index contributed by atoms with van der Waals surface area (Å²) < 4.78 is 6.29. The molecule has 0 spiro atoms. The molecule has 1 aliphatic rings. The van der Waals surface area contributed by atoms with Crippen LogP contribution in [0.15, 0.2) is 140 Å². The molecule has 0 fully saturated rings. The summed E-state index contributed by atoms with van der Waals surface area (Å²) in [4.78, 5) is 13.0. The van der Waals surface area contributed by atoms with Crippen LogP contribution in [-0.2, 0) is 0 Å². The maximum atomic E-state index is 6.29. The first-order valence-corrected chi connectivity index (χ1v) is 12.6. The molecule has 2 heterocycles. The first kappa shape index (κ1) is 22.0. The molecule has 0 aliphatic carbocycles. The van der Waals surface area contributed by atoms with E-state index in [1.807, 2.05) is 91.0 Å². The van der Waals surface area contributed by atoms with Crippen LogP contribution in [-0.4, -0.2) is 9.97 Å². The Bertz CT molecular complexity index is 1690. The van der Waals surface area contributed by atoms with Gasteiger partial charge in [0.25, 0.3) is 0 Å². The van der Waals surface area contributed by atoms with Crippen molar-refractivity contribution in [3.8, 4) is 45.3 Å². The van der Waals surface area contributed by atoms with E-state index in [1.54, 1.807) is 0 Å². The first-order chi connectivity index (χ1) is 18.9. The van der Waals surface area contributed by atoms with E-state index < -0.39 is 0 Å². The molecular weight excluding hydrogens is 466 g/mol. The summed E-state index contributed by atoms with van der Waals surface area (Å²) >= 11 is 0. The number of hydrogen-bond donors (Lipinski definition) is 0. The Kier molecular flexibility index (Phi) is 5.41. The molecule has 0 unspecified atom stereocenters. The molecule has 6 aromatic rings. The quantitative estimate of drug-likeness (QED) is 0.247. The van der Waals surface area contributed by atoms with Gasteiger partial charge in [-0.2, -0.15) is 0 Å². The SMILES string of the molecule is c1ccc(-c2nc(-c3ccccc3)c(N3c4ccccc4Oc4ccccc43)nc2-c2ccccc2)cc1. The molecule has 1 aliphatic heterocycles. The summed E-state index contributed by atoms with van der Waals surface area (Å²) in [6.45, 7) is 0. The van der Waals surface area contributed by atoms with Crippen LogP contribution in [0, 0.1) is 0 Å². The van der Waals surface area contributed by atoms with E-state index in [-0.39, 0.29) is 0 Å². The van der Waals surface area contributed by atoms with Gasteiger partial charge in [-0.25, -0.2) is 9.97 Å². The molecular formula is C34H23N3O. The van der Waals surface area contributed by atoms with Crippen LogP contribution in [0.4, 0.5) is 17.2 Å². The number of para-hydroxylation sites is 4. The van der Waals surface area contributed by atoms with E-state index >= 15 is 0 Å². The summed E-state index contributed by atoms with van der Waals surface area (Å²) in [6, 6.07) is 46.9. The van der Waals surface area contributed by atoms with Gasteiger partial charge in [-0.3, -0.25) is 4.90 Å². The van der Waals surface area contributed by atoms with Gasteiger partial charge < -0.3 is 4.74 Å². The molecule has 7 rings (SSSR count). The molecule has 4 heteroatoms. The molecule has 0 amide bonds. The van der Waals surface area contributed by atoms with E-state index in [1.165, 1.54) is 0 Å². The lowest BCUT2D eigenvalue weighted by molar-refractivity contribution is 0.476. The number of fused-ring (bicyclic) bond motifs is 2. The van der Waals surface area contributed by atoms with Crippen LogP contribution >= 0.6 is 0 Å². The fraction of sp³-hybridized carbons (Fsp3) is 0. The van der Waals surface area contributed by atoms with Gasteiger partial charge in [-0.05, 0) is 24.3 Å². The fourth-order valence-corrected chi connectivity index (χ4v) is 4.90. The number of aromatic nitrogens is 2. The van der Waals surface area contributed by atoms with E-state index in [4.69, 9.17) is 14.7 Å². The topological polar surface area (TPSA) is 38.2 Å². The molecule has 0 saturated heterocycles. The zero-order valence-electron chi connectivity index (χ0n) is 20.5. The van der Waals surface area contributed by atoms with Gasteiger partial charge in [0.2, 0.25) is 0 Å². The fourth-order valence-electron chi connectivity index (χ4n) is 4.90. The summed E-state index contributed by atoms with van der Waals surface area (Å²) in [7, 11) is 0. The molecule has 38 heavy (non-hydrogen) atoms. The van der Waals surface area contributed by atoms with Crippen molar-refractivity contribution in [1.29, 1.82) is 0 Å². The smallest absolute Gasteiger partial charge is 0.165 e. The number of ether oxygens (including phenoxy) is 1. The normalized spacial score (nSPS) is 11.8. The highest BCUT2D eigenvalue weighted by molar-refractivity contribution is 5.92. The van der Waals surface area contributed by atoms with Crippen molar-refractivity contribution in [3.05, 3.63) is 140 Å². The Labute approximate surface area is 221 Å². The third kappa shape index (κ3) is 3.80. The van der Waals surface area contributed by atoms with Gasteiger partial charge in [0.15, 0.2) is 17.3 Å². The Balaban J connectivity index is 1.58. The Morgan fingerprint density at radius 1 is 0.395 bits per heavy atom. The predicted molar refractivity (Wildman–Crippen MR) is 153 cm³/mol. The largest absolute Gasteiger partial charge is 0.453 e. The third-order valence-corrected chi connectivity index (χ3v) is 6.66. The Morgan fingerprint density at radius 3 is 1.29 bits per heavy atom. The van der Waals surface area contributed by atoms with Crippen molar-refractivity contribution in [2.75, 3.05) is 4.90 Å². The predicted octanol–water partition coefficient (Wildman–Crippen LogP) is 9.05. The zero-order valence-corrected chi connectivity index (χ0v) is 20.5. The lowest BCUT2D eigenvalue weighted by Gasteiger charge is -2.33. The van der Waals surface area contributed by atoms with Crippen LogP contribution in [0.2, 0.25) is 0 Å². The molecule has 5 aromatic carbocycles. The van der Waals surface area contributed by atoms with Crippen molar-refractivity contribution in [1.82, 2.24) is 9.97 Å². The molecule has 0 saturated carbocycles. The van der Waals surface area contributed by atoms with E-state index in [0.717, 1.165) is 62.5 Å². The maximum absolute atomic E-state index is 6.29. The second-order valence-corrected chi connectivity index (χ2v) is 9.06.